The summed E-state index contributed by atoms with van der Waals surface area (Å²) in [4.78, 5) is 25.4. The Labute approximate surface area is 150 Å². The number of ether oxygens (including phenoxy) is 1. The van der Waals surface area contributed by atoms with Gasteiger partial charge in [0.1, 0.15) is 5.82 Å². The molecule has 1 heterocycles. The van der Waals surface area contributed by atoms with Gasteiger partial charge in [0.2, 0.25) is 0 Å². The summed E-state index contributed by atoms with van der Waals surface area (Å²) in [6.07, 6.45) is 0.396. The highest BCUT2D eigenvalue weighted by molar-refractivity contribution is 5.89. The van der Waals surface area contributed by atoms with Crippen LogP contribution in [0.2, 0.25) is 0 Å². The predicted molar refractivity (Wildman–Crippen MR) is 95.2 cm³/mol. The third-order valence-electron chi connectivity index (χ3n) is 4.28. The molecule has 0 radical (unpaired) electrons. The van der Waals surface area contributed by atoms with E-state index in [-0.39, 0.29) is 17.9 Å². The highest BCUT2D eigenvalue weighted by Gasteiger charge is 2.21. The van der Waals surface area contributed by atoms with Crippen LogP contribution in [0.5, 0.6) is 0 Å². The summed E-state index contributed by atoms with van der Waals surface area (Å²) in [6.45, 7) is 1.37. The standard InChI is InChI=1S/C19H20FN3O3/c1-26-19(25)23-9-8-14-4-7-17(10-15(14)12-23)22-18(24)21-11-13-2-5-16(20)6-3-13/h2-7,10H,8-9,11-12H2,1H3,(H2,21,22,24). The Bertz CT molecular complexity index is 808. The van der Waals surface area contributed by atoms with Crippen molar-refractivity contribution < 1.29 is 18.7 Å². The minimum atomic E-state index is -0.356. The van der Waals surface area contributed by atoms with Crippen molar-refractivity contribution in [3.05, 3.63) is 65.0 Å². The van der Waals surface area contributed by atoms with Crippen LogP contribution in [0.1, 0.15) is 16.7 Å². The average Bonchev–Trinajstić information content (AvgIpc) is 2.66. The summed E-state index contributed by atoms with van der Waals surface area (Å²) < 4.78 is 17.6. The van der Waals surface area contributed by atoms with Gasteiger partial charge in [0.25, 0.3) is 0 Å². The molecule has 7 heteroatoms. The zero-order valence-corrected chi connectivity index (χ0v) is 14.4. The SMILES string of the molecule is COC(=O)N1CCc2ccc(NC(=O)NCc3ccc(F)cc3)cc2C1. The summed E-state index contributed by atoms with van der Waals surface area (Å²) in [5.74, 6) is -0.312. The molecule has 1 aliphatic rings. The number of anilines is 1. The Balaban J connectivity index is 1.59. The second kappa shape index (κ2) is 7.86. The quantitative estimate of drug-likeness (QED) is 0.886. The van der Waals surface area contributed by atoms with Gasteiger partial charge < -0.3 is 20.3 Å². The number of carbonyl (C=O) groups excluding carboxylic acids is 2. The second-order valence-electron chi connectivity index (χ2n) is 6.06. The molecule has 0 fully saturated rings. The fourth-order valence-corrected chi connectivity index (χ4v) is 2.88. The molecule has 2 aromatic carbocycles. The topological polar surface area (TPSA) is 70.7 Å². The first-order valence-corrected chi connectivity index (χ1v) is 8.29. The Morgan fingerprint density at radius 2 is 1.92 bits per heavy atom. The van der Waals surface area contributed by atoms with Crippen molar-refractivity contribution in [1.29, 1.82) is 0 Å². The van der Waals surface area contributed by atoms with Crippen LogP contribution in [0.3, 0.4) is 0 Å². The van der Waals surface area contributed by atoms with Crippen LogP contribution < -0.4 is 10.6 Å². The van der Waals surface area contributed by atoms with Gasteiger partial charge in [0.05, 0.1) is 7.11 Å². The number of hydrogen-bond acceptors (Lipinski definition) is 3. The average molecular weight is 357 g/mol. The molecule has 26 heavy (non-hydrogen) atoms. The van der Waals surface area contributed by atoms with Crippen LogP contribution in [0, 0.1) is 5.82 Å². The van der Waals surface area contributed by atoms with Crippen LogP contribution in [0.4, 0.5) is 19.7 Å². The van der Waals surface area contributed by atoms with E-state index >= 15 is 0 Å². The van der Waals surface area contributed by atoms with Gasteiger partial charge in [-0.1, -0.05) is 18.2 Å². The van der Waals surface area contributed by atoms with Gasteiger partial charge in [-0.2, -0.15) is 0 Å². The highest BCUT2D eigenvalue weighted by Crippen LogP contribution is 2.23. The van der Waals surface area contributed by atoms with E-state index in [1.807, 2.05) is 18.2 Å². The van der Waals surface area contributed by atoms with Crippen LogP contribution in [0.25, 0.3) is 0 Å². The molecule has 0 saturated heterocycles. The lowest BCUT2D eigenvalue weighted by molar-refractivity contribution is 0.118. The fourth-order valence-electron chi connectivity index (χ4n) is 2.88. The van der Waals surface area contributed by atoms with Crippen LogP contribution in [-0.2, 0) is 24.2 Å². The molecule has 1 aliphatic heterocycles. The smallest absolute Gasteiger partial charge is 0.409 e. The van der Waals surface area contributed by atoms with Crippen molar-refractivity contribution in [2.24, 2.45) is 0 Å². The van der Waals surface area contributed by atoms with Gasteiger partial charge in [0.15, 0.2) is 0 Å². The lowest BCUT2D eigenvalue weighted by Gasteiger charge is -2.28. The molecule has 0 aliphatic carbocycles. The number of benzene rings is 2. The third-order valence-corrected chi connectivity index (χ3v) is 4.28. The Kier molecular flexibility index (Phi) is 5.36. The molecule has 2 N–H and O–H groups in total. The molecular weight excluding hydrogens is 337 g/mol. The maximum absolute atomic E-state index is 12.9. The first kappa shape index (κ1) is 17.7. The van der Waals surface area contributed by atoms with Crippen molar-refractivity contribution in [2.45, 2.75) is 19.5 Å². The summed E-state index contributed by atoms with van der Waals surface area (Å²) in [5, 5.41) is 5.50. The Hall–Kier alpha value is -3.09. The highest BCUT2D eigenvalue weighted by atomic mass is 19.1. The first-order valence-electron chi connectivity index (χ1n) is 8.29. The maximum atomic E-state index is 12.9. The molecule has 3 amide bonds. The van der Waals surface area contributed by atoms with Crippen LogP contribution in [0.15, 0.2) is 42.5 Å². The number of rotatable bonds is 3. The van der Waals surface area contributed by atoms with Gasteiger partial charge in [-0.3, -0.25) is 0 Å². The van der Waals surface area contributed by atoms with Gasteiger partial charge >= 0.3 is 12.1 Å². The van der Waals surface area contributed by atoms with Crippen molar-refractivity contribution in [3.63, 3.8) is 0 Å². The Morgan fingerprint density at radius 3 is 2.65 bits per heavy atom. The van der Waals surface area contributed by atoms with Gasteiger partial charge in [-0.15, -0.1) is 0 Å². The van der Waals surface area contributed by atoms with Gasteiger partial charge in [-0.25, -0.2) is 14.0 Å². The summed E-state index contributed by atoms with van der Waals surface area (Å²) in [7, 11) is 1.36. The fraction of sp³-hybridized carbons (Fsp3) is 0.263. The van der Waals surface area contributed by atoms with Crippen LogP contribution >= 0.6 is 0 Å². The van der Waals surface area contributed by atoms with E-state index in [9.17, 15) is 14.0 Å². The van der Waals surface area contributed by atoms with E-state index in [4.69, 9.17) is 4.74 Å². The van der Waals surface area contributed by atoms with Crippen molar-refractivity contribution >= 4 is 17.8 Å². The zero-order chi connectivity index (χ0) is 18.5. The van der Waals surface area contributed by atoms with Crippen molar-refractivity contribution in [1.82, 2.24) is 10.2 Å². The number of amides is 3. The van der Waals surface area contributed by atoms with Gasteiger partial charge in [0, 0.05) is 25.3 Å². The molecule has 0 atom stereocenters. The maximum Gasteiger partial charge on any atom is 0.409 e. The van der Waals surface area contributed by atoms with Crippen LogP contribution in [-0.4, -0.2) is 30.7 Å². The lowest BCUT2D eigenvalue weighted by atomic mass is 9.99. The number of nitrogens with zero attached hydrogens (tertiary/aromatic N) is 1. The largest absolute Gasteiger partial charge is 0.453 e. The second-order valence-corrected chi connectivity index (χ2v) is 6.06. The zero-order valence-electron chi connectivity index (χ0n) is 14.4. The third kappa shape index (κ3) is 4.30. The van der Waals surface area contributed by atoms with E-state index < -0.39 is 0 Å². The number of methoxy groups -OCH3 is 1. The number of fused-ring (bicyclic) bond motifs is 1. The number of carbonyl (C=O) groups is 2. The monoisotopic (exact) mass is 357 g/mol. The molecule has 3 rings (SSSR count). The Morgan fingerprint density at radius 1 is 1.15 bits per heavy atom. The minimum absolute atomic E-state index is 0.299. The molecule has 0 saturated carbocycles. The van der Waals surface area contributed by atoms with Crippen molar-refractivity contribution in [3.8, 4) is 0 Å². The predicted octanol–water partition coefficient (Wildman–Crippen LogP) is 3.27. The van der Waals surface area contributed by atoms with E-state index in [0.29, 0.717) is 25.3 Å². The number of halogens is 1. The van der Waals surface area contributed by atoms with Gasteiger partial charge in [-0.05, 0) is 47.4 Å². The lowest BCUT2D eigenvalue weighted by Crippen LogP contribution is -2.36. The van der Waals surface area contributed by atoms with E-state index in [1.54, 1.807) is 17.0 Å². The van der Waals surface area contributed by atoms with E-state index in [0.717, 1.165) is 23.1 Å². The molecule has 136 valence electrons. The summed E-state index contributed by atoms with van der Waals surface area (Å²) in [5.41, 5.74) is 3.59. The molecule has 0 bridgehead atoms. The summed E-state index contributed by atoms with van der Waals surface area (Å²) in [6, 6.07) is 11.3. The summed E-state index contributed by atoms with van der Waals surface area (Å²) >= 11 is 0. The molecule has 0 spiro atoms. The molecule has 0 aromatic heterocycles. The molecular formula is C19H20FN3O3. The number of urea groups is 1. The molecule has 0 unspecified atom stereocenters. The van der Waals surface area contributed by atoms with E-state index in [2.05, 4.69) is 10.6 Å². The molecule has 6 nitrogen and oxygen atoms in total. The minimum Gasteiger partial charge on any atom is -0.453 e. The van der Waals surface area contributed by atoms with E-state index in [1.165, 1.54) is 19.2 Å². The number of hydrogen-bond donors (Lipinski definition) is 2. The normalized spacial score (nSPS) is 12.9. The first-order chi connectivity index (χ1) is 12.5. The van der Waals surface area contributed by atoms with Crippen molar-refractivity contribution in [2.75, 3.05) is 19.0 Å². The number of nitrogens with one attached hydrogen (secondary N) is 2. The molecule has 2 aromatic rings.